The van der Waals surface area contributed by atoms with Crippen LogP contribution in [0.3, 0.4) is 0 Å². The highest BCUT2D eigenvalue weighted by Gasteiger charge is 2.17. The zero-order valence-electron chi connectivity index (χ0n) is 8.53. The van der Waals surface area contributed by atoms with Gasteiger partial charge in [-0.1, -0.05) is 6.42 Å². The van der Waals surface area contributed by atoms with Crippen LogP contribution in [0.5, 0.6) is 6.01 Å². The zero-order valence-corrected chi connectivity index (χ0v) is 9.29. The maximum Gasteiger partial charge on any atom is 0.322 e. The highest BCUT2D eigenvalue weighted by Crippen LogP contribution is 2.26. The normalized spacial score (nSPS) is 15.9. The van der Waals surface area contributed by atoms with Gasteiger partial charge in [0.05, 0.1) is 7.11 Å². The van der Waals surface area contributed by atoms with E-state index in [-0.39, 0.29) is 11.3 Å². The van der Waals surface area contributed by atoms with Crippen molar-refractivity contribution < 1.29 is 4.74 Å². The first-order valence-corrected chi connectivity index (χ1v) is 5.35. The van der Waals surface area contributed by atoms with Gasteiger partial charge in [0.15, 0.2) is 0 Å². The molecular formula is C9H13ClN4O. The Hall–Kier alpha value is -1.10. The minimum absolute atomic E-state index is 0.151. The summed E-state index contributed by atoms with van der Waals surface area (Å²) < 4.78 is 4.90. The van der Waals surface area contributed by atoms with E-state index in [9.17, 15) is 0 Å². The van der Waals surface area contributed by atoms with Gasteiger partial charge in [-0.2, -0.15) is 15.0 Å². The average Bonchev–Trinajstić information content (AvgIpc) is 2.14. The Morgan fingerprint density at radius 3 is 2.80 bits per heavy atom. The Morgan fingerprint density at radius 2 is 2.20 bits per heavy atom. The van der Waals surface area contributed by atoms with Gasteiger partial charge < -0.3 is 10.1 Å². The molecule has 1 heterocycles. The predicted octanol–water partition coefficient (Wildman–Crippen LogP) is 1.75. The molecule has 1 N–H and O–H groups in total. The monoisotopic (exact) mass is 228 g/mol. The topological polar surface area (TPSA) is 59.9 Å². The zero-order chi connectivity index (χ0) is 10.7. The van der Waals surface area contributed by atoms with Crippen molar-refractivity contribution in [1.82, 2.24) is 15.0 Å². The van der Waals surface area contributed by atoms with Crippen molar-refractivity contribution in [3.8, 4) is 6.01 Å². The molecule has 0 unspecified atom stereocenters. The number of hydrogen-bond acceptors (Lipinski definition) is 5. The Kier molecular flexibility index (Phi) is 3.20. The minimum atomic E-state index is 0.151. The van der Waals surface area contributed by atoms with Crippen LogP contribution in [0.4, 0.5) is 5.95 Å². The maximum atomic E-state index is 5.71. The van der Waals surface area contributed by atoms with Crippen molar-refractivity contribution in [1.29, 1.82) is 0 Å². The van der Waals surface area contributed by atoms with Crippen molar-refractivity contribution in [2.24, 2.45) is 5.92 Å². The number of nitrogens with zero attached hydrogens (tertiary/aromatic N) is 3. The second-order valence-electron chi connectivity index (χ2n) is 3.59. The first-order valence-electron chi connectivity index (χ1n) is 4.97. The van der Waals surface area contributed by atoms with E-state index >= 15 is 0 Å². The first kappa shape index (κ1) is 10.4. The van der Waals surface area contributed by atoms with Gasteiger partial charge in [-0.05, 0) is 30.4 Å². The molecular weight excluding hydrogens is 216 g/mol. The van der Waals surface area contributed by atoms with E-state index < -0.39 is 0 Å². The first-order chi connectivity index (χ1) is 7.28. The molecule has 0 amide bonds. The van der Waals surface area contributed by atoms with E-state index in [1.165, 1.54) is 26.4 Å². The lowest BCUT2D eigenvalue weighted by Gasteiger charge is -2.25. The number of anilines is 1. The molecule has 82 valence electrons. The van der Waals surface area contributed by atoms with Crippen LogP contribution in [-0.4, -0.2) is 28.6 Å². The largest absolute Gasteiger partial charge is 0.467 e. The molecule has 1 aliphatic rings. The number of aromatic nitrogens is 3. The lowest BCUT2D eigenvalue weighted by atomic mass is 9.85. The van der Waals surface area contributed by atoms with E-state index in [1.807, 2.05) is 0 Å². The molecule has 1 aliphatic carbocycles. The summed E-state index contributed by atoms with van der Waals surface area (Å²) in [6.07, 6.45) is 3.89. The second-order valence-corrected chi connectivity index (χ2v) is 3.93. The van der Waals surface area contributed by atoms with Crippen molar-refractivity contribution in [3.63, 3.8) is 0 Å². The maximum absolute atomic E-state index is 5.71. The number of nitrogens with one attached hydrogen (secondary N) is 1. The third kappa shape index (κ3) is 2.68. The van der Waals surface area contributed by atoms with E-state index in [0.29, 0.717) is 5.95 Å². The van der Waals surface area contributed by atoms with Crippen molar-refractivity contribution in [3.05, 3.63) is 5.28 Å². The molecule has 6 heteroatoms. The third-order valence-corrected chi connectivity index (χ3v) is 2.71. The fourth-order valence-electron chi connectivity index (χ4n) is 1.43. The van der Waals surface area contributed by atoms with Crippen LogP contribution in [0.15, 0.2) is 0 Å². The molecule has 0 saturated heterocycles. The Bertz CT molecular complexity index is 343. The summed E-state index contributed by atoms with van der Waals surface area (Å²) in [6, 6.07) is 0.242. The number of hydrogen-bond donors (Lipinski definition) is 1. The Balaban J connectivity index is 1.96. The SMILES string of the molecule is COc1nc(Cl)nc(NCC2CCC2)n1. The fourth-order valence-corrected chi connectivity index (χ4v) is 1.59. The van der Waals surface area contributed by atoms with Gasteiger partial charge >= 0.3 is 6.01 Å². The number of methoxy groups -OCH3 is 1. The third-order valence-electron chi connectivity index (χ3n) is 2.54. The summed E-state index contributed by atoms with van der Waals surface area (Å²) in [5, 5.41) is 3.29. The van der Waals surface area contributed by atoms with E-state index in [4.69, 9.17) is 16.3 Å². The molecule has 0 atom stereocenters. The summed E-state index contributed by atoms with van der Waals surface area (Å²) in [6.45, 7) is 0.892. The van der Waals surface area contributed by atoms with Crippen LogP contribution in [0.1, 0.15) is 19.3 Å². The second kappa shape index (κ2) is 4.61. The fraction of sp³-hybridized carbons (Fsp3) is 0.667. The van der Waals surface area contributed by atoms with Gasteiger partial charge in [0.2, 0.25) is 11.2 Å². The minimum Gasteiger partial charge on any atom is -0.467 e. The van der Waals surface area contributed by atoms with E-state index in [1.54, 1.807) is 0 Å². The lowest BCUT2D eigenvalue weighted by molar-refractivity contribution is 0.332. The molecule has 1 fully saturated rings. The average molecular weight is 229 g/mol. The predicted molar refractivity (Wildman–Crippen MR) is 57.2 cm³/mol. The standard InChI is InChI=1S/C9H13ClN4O/c1-15-9-13-7(10)12-8(14-9)11-5-6-3-2-4-6/h6H,2-5H2,1H3,(H,11,12,13,14). The molecule has 0 aliphatic heterocycles. The summed E-state index contributed by atoms with van der Waals surface area (Å²) in [5.74, 6) is 1.23. The van der Waals surface area contributed by atoms with Crippen LogP contribution in [0.25, 0.3) is 0 Å². The molecule has 0 bridgehead atoms. The molecule has 2 rings (SSSR count). The van der Waals surface area contributed by atoms with Crippen LogP contribution in [-0.2, 0) is 0 Å². The highest BCUT2D eigenvalue weighted by atomic mass is 35.5. The number of rotatable bonds is 4. The van der Waals surface area contributed by atoms with Crippen LogP contribution in [0.2, 0.25) is 5.28 Å². The smallest absolute Gasteiger partial charge is 0.322 e. The molecule has 1 aromatic heterocycles. The van der Waals surface area contributed by atoms with E-state index in [0.717, 1.165) is 12.5 Å². The number of ether oxygens (including phenoxy) is 1. The van der Waals surface area contributed by atoms with Gasteiger partial charge in [-0.15, -0.1) is 0 Å². The van der Waals surface area contributed by atoms with Crippen LogP contribution >= 0.6 is 11.6 Å². The molecule has 0 spiro atoms. The van der Waals surface area contributed by atoms with Gasteiger partial charge in [0.25, 0.3) is 0 Å². The van der Waals surface area contributed by atoms with Crippen molar-refractivity contribution in [2.45, 2.75) is 19.3 Å². The summed E-state index contributed by atoms with van der Waals surface area (Å²) in [7, 11) is 1.50. The van der Waals surface area contributed by atoms with Gasteiger partial charge in [0.1, 0.15) is 0 Å². The Labute approximate surface area is 93.2 Å². The molecule has 0 radical (unpaired) electrons. The molecule has 0 aromatic carbocycles. The molecule has 1 aromatic rings. The van der Waals surface area contributed by atoms with Gasteiger partial charge in [-0.3, -0.25) is 0 Å². The van der Waals surface area contributed by atoms with Crippen molar-refractivity contribution >= 4 is 17.5 Å². The van der Waals surface area contributed by atoms with Crippen LogP contribution in [0, 0.1) is 5.92 Å². The van der Waals surface area contributed by atoms with E-state index in [2.05, 4.69) is 20.3 Å². The summed E-state index contributed by atoms with van der Waals surface area (Å²) in [5.41, 5.74) is 0. The quantitative estimate of drug-likeness (QED) is 0.851. The molecule has 1 saturated carbocycles. The number of halogens is 1. The summed E-state index contributed by atoms with van der Waals surface area (Å²) >= 11 is 5.71. The van der Waals surface area contributed by atoms with Crippen molar-refractivity contribution in [2.75, 3.05) is 19.0 Å². The van der Waals surface area contributed by atoms with Gasteiger partial charge in [0, 0.05) is 6.54 Å². The summed E-state index contributed by atoms with van der Waals surface area (Å²) in [4.78, 5) is 11.8. The highest BCUT2D eigenvalue weighted by molar-refractivity contribution is 6.28. The van der Waals surface area contributed by atoms with Gasteiger partial charge in [-0.25, -0.2) is 0 Å². The Morgan fingerprint density at radius 1 is 1.40 bits per heavy atom. The molecule has 5 nitrogen and oxygen atoms in total. The molecule has 15 heavy (non-hydrogen) atoms. The lowest BCUT2D eigenvalue weighted by Crippen LogP contribution is -2.22. The van der Waals surface area contributed by atoms with Crippen LogP contribution < -0.4 is 10.1 Å².